The maximum absolute atomic E-state index is 13.5. The summed E-state index contributed by atoms with van der Waals surface area (Å²) in [6.45, 7) is 0.0770. The molecule has 0 spiro atoms. The summed E-state index contributed by atoms with van der Waals surface area (Å²) in [6, 6.07) is 25.0. The van der Waals surface area contributed by atoms with Crippen LogP contribution in [-0.2, 0) is 16.1 Å². The number of hydrogen-bond acceptors (Lipinski definition) is 4. The molecule has 6 heteroatoms. The molecule has 1 saturated heterocycles. The topological polar surface area (TPSA) is 66.8 Å². The van der Waals surface area contributed by atoms with Crippen LogP contribution >= 0.6 is 0 Å². The third-order valence-corrected chi connectivity index (χ3v) is 6.27. The van der Waals surface area contributed by atoms with Gasteiger partial charge in [0.15, 0.2) is 0 Å². The first kappa shape index (κ1) is 22.3. The number of halogens is 1. The standard InChI is InChI=1S/C29H22FNO4/c1-35-22-9-4-8-20(16-22)27(32)25-26(24-11-5-7-19-6-2-3-10-23(19)24)31(29(34)28(25)33)17-18-12-14-21(30)15-13-18/h2-16,26,32H,17H2,1H3/b27-25-. The van der Waals surface area contributed by atoms with Gasteiger partial charge in [0, 0.05) is 12.1 Å². The second-order valence-electron chi connectivity index (χ2n) is 8.35. The Morgan fingerprint density at radius 2 is 1.66 bits per heavy atom. The molecule has 0 saturated carbocycles. The van der Waals surface area contributed by atoms with Gasteiger partial charge < -0.3 is 14.7 Å². The average molecular weight is 467 g/mol. The van der Waals surface area contributed by atoms with Crippen molar-refractivity contribution in [1.82, 2.24) is 4.90 Å². The van der Waals surface area contributed by atoms with Gasteiger partial charge in [-0.15, -0.1) is 0 Å². The Labute approximate surface area is 201 Å². The maximum Gasteiger partial charge on any atom is 0.295 e. The molecule has 1 aliphatic heterocycles. The predicted molar refractivity (Wildman–Crippen MR) is 131 cm³/mol. The van der Waals surface area contributed by atoms with Gasteiger partial charge in [-0.2, -0.15) is 0 Å². The van der Waals surface area contributed by atoms with E-state index < -0.39 is 17.7 Å². The van der Waals surface area contributed by atoms with Crippen LogP contribution in [-0.4, -0.2) is 28.8 Å². The van der Waals surface area contributed by atoms with Crippen LogP contribution in [0.2, 0.25) is 0 Å². The lowest BCUT2D eigenvalue weighted by Crippen LogP contribution is -2.29. The molecule has 0 aromatic heterocycles. The highest BCUT2D eigenvalue weighted by Crippen LogP contribution is 2.42. The number of ketones is 1. The normalized spacial score (nSPS) is 17.2. The highest BCUT2D eigenvalue weighted by Gasteiger charge is 2.46. The Kier molecular flexibility index (Phi) is 5.79. The molecule has 5 nitrogen and oxygen atoms in total. The number of ether oxygens (including phenoxy) is 1. The van der Waals surface area contributed by atoms with E-state index in [0.717, 1.165) is 10.8 Å². The number of methoxy groups -OCH3 is 1. The molecular formula is C29H22FNO4. The zero-order valence-electron chi connectivity index (χ0n) is 18.9. The molecule has 4 aromatic rings. The molecule has 0 bridgehead atoms. The molecule has 1 aliphatic rings. The molecule has 1 atom stereocenters. The summed E-state index contributed by atoms with van der Waals surface area (Å²) in [5, 5.41) is 13.1. The van der Waals surface area contributed by atoms with Gasteiger partial charge in [0.05, 0.1) is 18.7 Å². The molecule has 1 fully saturated rings. The molecule has 1 amide bonds. The Hall–Kier alpha value is -4.45. The monoisotopic (exact) mass is 467 g/mol. The number of Topliss-reactive ketones (excluding diaryl/α,β-unsaturated/α-hetero) is 1. The summed E-state index contributed by atoms with van der Waals surface area (Å²) >= 11 is 0. The van der Waals surface area contributed by atoms with Crippen LogP contribution in [0.3, 0.4) is 0 Å². The van der Waals surface area contributed by atoms with Crippen molar-refractivity contribution in [2.24, 2.45) is 0 Å². The van der Waals surface area contributed by atoms with Gasteiger partial charge in [0.2, 0.25) is 0 Å². The van der Waals surface area contributed by atoms with Gasteiger partial charge in [0.25, 0.3) is 11.7 Å². The number of hydrogen-bond donors (Lipinski definition) is 1. The third-order valence-electron chi connectivity index (χ3n) is 6.27. The van der Waals surface area contributed by atoms with E-state index in [1.807, 2.05) is 42.5 Å². The summed E-state index contributed by atoms with van der Waals surface area (Å²) < 4.78 is 18.8. The SMILES string of the molecule is COc1cccc(/C(O)=C2/C(=O)C(=O)N(Cc3ccc(F)cc3)C2c2cccc3ccccc23)c1. The van der Waals surface area contributed by atoms with Gasteiger partial charge in [0.1, 0.15) is 17.3 Å². The first-order valence-electron chi connectivity index (χ1n) is 11.1. The van der Waals surface area contributed by atoms with Crippen LogP contribution in [0.15, 0.2) is 96.6 Å². The highest BCUT2D eigenvalue weighted by molar-refractivity contribution is 6.46. The molecule has 1 unspecified atom stereocenters. The zero-order valence-corrected chi connectivity index (χ0v) is 18.9. The number of aliphatic hydroxyl groups excluding tert-OH is 1. The minimum absolute atomic E-state index is 0.00159. The van der Waals surface area contributed by atoms with E-state index in [1.165, 1.54) is 24.1 Å². The zero-order chi connectivity index (χ0) is 24.5. The van der Waals surface area contributed by atoms with Gasteiger partial charge in [-0.05, 0) is 46.2 Å². The van der Waals surface area contributed by atoms with E-state index in [0.29, 0.717) is 22.4 Å². The second-order valence-corrected chi connectivity index (χ2v) is 8.35. The fraction of sp³-hybridized carbons (Fsp3) is 0.103. The lowest BCUT2D eigenvalue weighted by Gasteiger charge is -2.26. The molecule has 35 heavy (non-hydrogen) atoms. The predicted octanol–water partition coefficient (Wildman–Crippen LogP) is 5.61. The van der Waals surface area contributed by atoms with Crippen LogP contribution in [0, 0.1) is 5.82 Å². The number of aliphatic hydroxyl groups is 1. The summed E-state index contributed by atoms with van der Waals surface area (Å²) in [4.78, 5) is 28.1. The van der Waals surface area contributed by atoms with E-state index in [1.54, 1.807) is 36.4 Å². The Morgan fingerprint density at radius 1 is 0.943 bits per heavy atom. The summed E-state index contributed by atoms with van der Waals surface area (Å²) in [5.41, 5.74) is 1.75. The smallest absolute Gasteiger partial charge is 0.295 e. The summed E-state index contributed by atoms with van der Waals surface area (Å²) in [7, 11) is 1.51. The van der Waals surface area contributed by atoms with Gasteiger partial charge >= 0.3 is 0 Å². The number of fused-ring (bicyclic) bond motifs is 1. The molecule has 4 aromatic carbocycles. The quantitative estimate of drug-likeness (QED) is 0.235. The molecule has 0 aliphatic carbocycles. The van der Waals surface area contributed by atoms with Crippen molar-refractivity contribution >= 4 is 28.2 Å². The second kappa shape index (κ2) is 9.06. The maximum atomic E-state index is 13.5. The number of amides is 1. The first-order chi connectivity index (χ1) is 17.0. The Morgan fingerprint density at radius 3 is 2.43 bits per heavy atom. The molecule has 1 heterocycles. The van der Waals surface area contributed by atoms with Crippen molar-refractivity contribution in [3.05, 3.63) is 119 Å². The number of carbonyl (C=O) groups excluding carboxylic acids is 2. The van der Waals surface area contributed by atoms with E-state index in [4.69, 9.17) is 4.74 Å². The van der Waals surface area contributed by atoms with Crippen LogP contribution in [0.25, 0.3) is 16.5 Å². The van der Waals surface area contributed by atoms with E-state index in [2.05, 4.69) is 0 Å². The fourth-order valence-electron chi connectivity index (χ4n) is 4.57. The molecule has 5 rings (SSSR count). The van der Waals surface area contributed by atoms with E-state index in [-0.39, 0.29) is 23.7 Å². The van der Waals surface area contributed by atoms with Crippen molar-refractivity contribution in [3.8, 4) is 5.75 Å². The highest BCUT2D eigenvalue weighted by atomic mass is 19.1. The van der Waals surface area contributed by atoms with Crippen molar-refractivity contribution < 1.29 is 23.8 Å². The number of carbonyl (C=O) groups is 2. The van der Waals surface area contributed by atoms with Crippen molar-refractivity contribution in [3.63, 3.8) is 0 Å². The molecule has 174 valence electrons. The number of likely N-dealkylation sites (tertiary alicyclic amines) is 1. The van der Waals surface area contributed by atoms with E-state index >= 15 is 0 Å². The first-order valence-corrected chi connectivity index (χ1v) is 11.1. The lowest BCUT2D eigenvalue weighted by molar-refractivity contribution is -0.140. The van der Waals surface area contributed by atoms with Crippen LogP contribution < -0.4 is 4.74 Å². The molecule has 0 radical (unpaired) electrons. The number of rotatable bonds is 5. The van der Waals surface area contributed by atoms with Crippen LogP contribution in [0.1, 0.15) is 22.7 Å². The molecule has 1 N–H and O–H groups in total. The largest absolute Gasteiger partial charge is 0.507 e. The van der Waals surface area contributed by atoms with Gasteiger partial charge in [-0.3, -0.25) is 9.59 Å². The minimum Gasteiger partial charge on any atom is -0.507 e. The van der Waals surface area contributed by atoms with Gasteiger partial charge in [-0.25, -0.2) is 4.39 Å². The van der Waals surface area contributed by atoms with Gasteiger partial charge in [-0.1, -0.05) is 66.7 Å². The third kappa shape index (κ3) is 4.04. The lowest BCUT2D eigenvalue weighted by atomic mass is 9.91. The minimum atomic E-state index is -0.836. The van der Waals surface area contributed by atoms with Crippen molar-refractivity contribution in [2.75, 3.05) is 7.11 Å². The number of benzene rings is 4. The van der Waals surface area contributed by atoms with E-state index in [9.17, 15) is 19.1 Å². The van der Waals surface area contributed by atoms with Crippen molar-refractivity contribution in [2.45, 2.75) is 12.6 Å². The van der Waals surface area contributed by atoms with Crippen LogP contribution in [0.5, 0.6) is 5.75 Å². The number of nitrogens with zero attached hydrogens (tertiary/aromatic N) is 1. The van der Waals surface area contributed by atoms with Crippen LogP contribution in [0.4, 0.5) is 4.39 Å². The fourth-order valence-corrected chi connectivity index (χ4v) is 4.57. The van der Waals surface area contributed by atoms with Crippen molar-refractivity contribution in [1.29, 1.82) is 0 Å². The Bertz CT molecular complexity index is 1470. The summed E-state index contributed by atoms with van der Waals surface area (Å²) in [5.74, 6) is -1.65. The molecular weight excluding hydrogens is 445 g/mol. The Balaban J connectivity index is 1.72. The summed E-state index contributed by atoms with van der Waals surface area (Å²) in [6.07, 6.45) is 0. The average Bonchev–Trinajstić information content (AvgIpc) is 3.14.